The molecule has 1 aromatic rings. The van der Waals surface area contributed by atoms with Crippen molar-refractivity contribution in [2.75, 3.05) is 13.1 Å². The summed E-state index contributed by atoms with van der Waals surface area (Å²) in [5, 5.41) is 5.22. The predicted octanol–water partition coefficient (Wildman–Crippen LogP) is 1.83. The Bertz CT molecular complexity index is 484. The number of sulfonamides is 1. The van der Waals surface area contributed by atoms with E-state index < -0.39 is 10.0 Å². The van der Waals surface area contributed by atoms with Crippen LogP contribution in [0.4, 0.5) is 0 Å². The normalized spacial score (nSPS) is 12.1. The fourth-order valence-electron chi connectivity index (χ4n) is 1.58. The van der Waals surface area contributed by atoms with E-state index in [2.05, 4.69) is 18.7 Å². The number of benzene rings is 1. The lowest BCUT2D eigenvalue weighted by Gasteiger charge is -2.18. The molecule has 0 aliphatic carbocycles. The molecule has 0 saturated heterocycles. The number of rotatable bonds is 5. The lowest BCUT2D eigenvalue weighted by molar-refractivity contribution is 0.296. The monoisotopic (exact) mass is 276 g/mol. The third-order valence-corrected chi connectivity index (χ3v) is 4.00. The quantitative estimate of drug-likeness (QED) is 0.892. The average Bonchev–Trinajstić information content (AvgIpc) is 2.24. The molecule has 0 bridgehead atoms. The van der Waals surface area contributed by atoms with Gasteiger partial charge in [0.15, 0.2) is 0 Å². The first-order chi connectivity index (χ1) is 7.88. The van der Waals surface area contributed by atoms with E-state index in [1.807, 2.05) is 0 Å². The minimum Gasteiger partial charge on any atom is -0.300 e. The summed E-state index contributed by atoms with van der Waals surface area (Å²) in [6, 6.07) is 4.85. The van der Waals surface area contributed by atoms with Crippen LogP contribution >= 0.6 is 11.6 Å². The van der Waals surface area contributed by atoms with E-state index >= 15 is 0 Å². The molecule has 0 aromatic heterocycles. The molecule has 0 aliphatic rings. The van der Waals surface area contributed by atoms with E-state index in [0.717, 1.165) is 25.2 Å². The van der Waals surface area contributed by atoms with Crippen molar-refractivity contribution in [3.63, 3.8) is 0 Å². The van der Waals surface area contributed by atoms with E-state index in [0.29, 0.717) is 0 Å². The first kappa shape index (κ1) is 14.4. The lowest BCUT2D eigenvalue weighted by Crippen LogP contribution is -2.22. The smallest absolute Gasteiger partial charge is 0.239 e. The topological polar surface area (TPSA) is 63.4 Å². The van der Waals surface area contributed by atoms with Gasteiger partial charge in [0.1, 0.15) is 4.90 Å². The summed E-state index contributed by atoms with van der Waals surface area (Å²) in [4.78, 5) is 2.19. The highest BCUT2D eigenvalue weighted by molar-refractivity contribution is 7.89. The van der Waals surface area contributed by atoms with Gasteiger partial charge in [0.05, 0.1) is 5.02 Å². The zero-order valence-corrected chi connectivity index (χ0v) is 11.6. The van der Waals surface area contributed by atoms with Crippen LogP contribution in [0.5, 0.6) is 0 Å². The summed E-state index contributed by atoms with van der Waals surface area (Å²) < 4.78 is 22.4. The molecular weight excluding hydrogens is 260 g/mol. The van der Waals surface area contributed by atoms with Crippen molar-refractivity contribution < 1.29 is 8.42 Å². The van der Waals surface area contributed by atoms with Crippen molar-refractivity contribution in [2.45, 2.75) is 25.3 Å². The number of nitrogens with two attached hydrogens (primary N) is 1. The second kappa shape index (κ2) is 5.82. The Labute approximate surface area is 107 Å². The van der Waals surface area contributed by atoms with Gasteiger partial charge in [0.25, 0.3) is 0 Å². The summed E-state index contributed by atoms with van der Waals surface area (Å²) in [6.45, 7) is 6.77. The third-order valence-electron chi connectivity index (χ3n) is 2.60. The Morgan fingerprint density at radius 2 is 1.88 bits per heavy atom. The van der Waals surface area contributed by atoms with Gasteiger partial charge >= 0.3 is 0 Å². The van der Waals surface area contributed by atoms with Crippen molar-refractivity contribution in [2.24, 2.45) is 5.14 Å². The van der Waals surface area contributed by atoms with Gasteiger partial charge in [-0.1, -0.05) is 31.5 Å². The Balaban J connectivity index is 2.97. The van der Waals surface area contributed by atoms with E-state index in [4.69, 9.17) is 16.7 Å². The average molecular weight is 277 g/mol. The lowest BCUT2D eigenvalue weighted by atomic mass is 10.2. The maximum Gasteiger partial charge on any atom is 0.239 e. The molecular formula is C11H17ClN2O2S. The molecule has 0 aliphatic heterocycles. The van der Waals surface area contributed by atoms with Gasteiger partial charge in [-0.25, -0.2) is 13.6 Å². The molecule has 6 heteroatoms. The fraction of sp³-hybridized carbons (Fsp3) is 0.455. The van der Waals surface area contributed by atoms with E-state index in [1.54, 1.807) is 12.1 Å². The Morgan fingerprint density at radius 1 is 1.29 bits per heavy atom. The third kappa shape index (κ3) is 3.96. The van der Waals surface area contributed by atoms with Crippen molar-refractivity contribution in [3.8, 4) is 0 Å². The first-order valence-corrected chi connectivity index (χ1v) is 7.34. The number of primary sulfonamides is 1. The number of nitrogens with zero attached hydrogens (tertiary/aromatic N) is 1. The zero-order valence-electron chi connectivity index (χ0n) is 9.98. The van der Waals surface area contributed by atoms with E-state index in [-0.39, 0.29) is 9.92 Å². The van der Waals surface area contributed by atoms with Crippen LogP contribution in [0.25, 0.3) is 0 Å². The van der Waals surface area contributed by atoms with Crippen molar-refractivity contribution >= 4 is 21.6 Å². The molecule has 0 heterocycles. The van der Waals surface area contributed by atoms with Gasteiger partial charge in [0, 0.05) is 6.54 Å². The van der Waals surface area contributed by atoms with Crippen LogP contribution in [0.2, 0.25) is 5.02 Å². The molecule has 96 valence electrons. The van der Waals surface area contributed by atoms with Gasteiger partial charge in [-0.05, 0) is 30.8 Å². The summed E-state index contributed by atoms with van der Waals surface area (Å²) in [7, 11) is -3.74. The van der Waals surface area contributed by atoms with Crippen LogP contribution in [0.15, 0.2) is 23.1 Å². The molecule has 2 N–H and O–H groups in total. The molecule has 0 spiro atoms. The molecule has 17 heavy (non-hydrogen) atoms. The van der Waals surface area contributed by atoms with Crippen LogP contribution in [-0.2, 0) is 16.6 Å². The van der Waals surface area contributed by atoms with Gasteiger partial charge < -0.3 is 0 Å². The second-order valence-electron chi connectivity index (χ2n) is 3.77. The van der Waals surface area contributed by atoms with Crippen LogP contribution < -0.4 is 5.14 Å². The van der Waals surface area contributed by atoms with Gasteiger partial charge in [-0.15, -0.1) is 0 Å². The minimum absolute atomic E-state index is 0.0255. The Hall–Kier alpha value is -0.620. The van der Waals surface area contributed by atoms with E-state index in [1.165, 1.54) is 6.07 Å². The summed E-state index contributed by atoms with van der Waals surface area (Å²) >= 11 is 5.91. The van der Waals surface area contributed by atoms with Crippen LogP contribution in [0, 0.1) is 0 Å². The second-order valence-corrected chi connectivity index (χ2v) is 5.71. The number of hydrogen-bond acceptors (Lipinski definition) is 3. The molecule has 0 saturated carbocycles. The summed E-state index contributed by atoms with van der Waals surface area (Å²) in [6.07, 6.45) is 0. The van der Waals surface area contributed by atoms with Crippen LogP contribution in [0.3, 0.4) is 0 Å². The number of halogens is 1. The molecule has 1 rings (SSSR count). The van der Waals surface area contributed by atoms with Crippen molar-refractivity contribution in [1.82, 2.24) is 4.90 Å². The van der Waals surface area contributed by atoms with Crippen molar-refractivity contribution in [3.05, 3.63) is 28.8 Å². The van der Waals surface area contributed by atoms with Crippen molar-refractivity contribution in [1.29, 1.82) is 0 Å². The molecule has 0 atom stereocenters. The van der Waals surface area contributed by atoms with Gasteiger partial charge in [0.2, 0.25) is 10.0 Å². The predicted molar refractivity (Wildman–Crippen MR) is 69.5 cm³/mol. The minimum atomic E-state index is -3.74. The summed E-state index contributed by atoms with van der Waals surface area (Å²) in [5.74, 6) is 0. The SMILES string of the molecule is CCN(CC)Cc1ccc(S(N)(=O)=O)c(Cl)c1. The fourth-order valence-corrected chi connectivity index (χ4v) is 2.69. The summed E-state index contributed by atoms with van der Waals surface area (Å²) in [5.41, 5.74) is 0.978. The highest BCUT2D eigenvalue weighted by Crippen LogP contribution is 2.22. The Morgan fingerprint density at radius 3 is 2.29 bits per heavy atom. The van der Waals surface area contributed by atoms with E-state index in [9.17, 15) is 8.42 Å². The highest BCUT2D eigenvalue weighted by Gasteiger charge is 2.13. The molecule has 0 radical (unpaired) electrons. The first-order valence-electron chi connectivity index (χ1n) is 5.42. The maximum absolute atomic E-state index is 11.2. The van der Waals surface area contributed by atoms with Crippen LogP contribution in [0.1, 0.15) is 19.4 Å². The van der Waals surface area contributed by atoms with Crippen LogP contribution in [-0.4, -0.2) is 26.4 Å². The molecule has 0 unspecified atom stereocenters. The molecule has 0 amide bonds. The maximum atomic E-state index is 11.2. The highest BCUT2D eigenvalue weighted by atomic mass is 35.5. The molecule has 0 fully saturated rings. The molecule has 4 nitrogen and oxygen atoms in total. The Kier molecular flexibility index (Phi) is 4.94. The largest absolute Gasteiger partial charge is 0.300 e. The number of hydrogen-bond donors (Lipinski definition) is 1. The standard InChI is InChI=1S/C11H17ClN2O2S/c1-3-14(4-2)8-9-5-6-11(10(12)7-9)17(13,15)16/h5-7H,3-4,8H2,1-2H3,(H2,13,15,16). The van der Waals surface area contributed by atoms with Gasteiger partial charge in [-0.3, -0.25) is 4.90 Å². The zero-order chi connectivity index (χ0) is 13.1. The van der Waals surface area contributed by atoms with Gasteiger partial charge in [-0.2, -0.15) is 0 Å². The molecule has 1 aromatic carbocycles.